The molecule has 4 heteroatoms. The summed E-state index contributed by atoms with van der Waals surface area (Å²) >= 11 is 0. The van der Waals surface area contributed by atoms with Gasteiger partial charge in [-0.25, -0.2) is 8.78 Å². The third kappa shape index (κ3) is 4.18. The minimum absolute atomic E-state index is 0.187. The highest BCUT2D eigenvalue weighted by Gasteiger charge is 2.37. The maximum Gasteiger partial charge on any atom is 0.261 e. The first-order valence-electron chi connectivity index (χ1n) is 6.44. The van der Waals surface area contributed by atoms with Crippen LogP contribution in [0, 0.1) is 11.3 Å². The summed E-state index contributed by atoms with van der Waals surface area (Å²) in [6.07, 6.45) is -0.115. The van der Waals surface area contributed by atoms with E-state index >= 15 is 0 Å². The fraction of sp³-hybridized carbons (Fsp3) is 1.00. The lowest BCUT2D eigenvalue weighted by atomic mass is 9.68. The van der Waals surface area contributed by atoms with Gasteiger partial charge in [0.15, 0.2) is 0 Å². The van der Waals surface area contributed by atoms with Gasteiger partial charge in [0.1, 0.15) is 6.61 Å². The van der Waals surface area contributed by atoms with E-state index in [-0.39, 0.29) is 5.41 Å². The van der Waals surface area contributed by atoms with Crippen molar-refractivity contribution in [3.63, 3.8) is 0 Å². The van der Waals surface area contributed by atoms with E-state index in [1.165, 1.54) is 0 Å². The van der Waals surface area contributed by atoms with Gasteiger partial charge in [-0.05, 0) is 30.6 Å². The van der Waals surface area contributed by atoms with E-state index in [1.54, 1.807) is 0 Å². The van der Waals surface area contributed by atoms with Gasteiger partial charge in [-0.1, -0.05) is 27.2 Å². The molecule has 3 atom stereocenters. The molecule has 1 N–H and O–H groups in total. The molecule has 0 amide bonds. The first-order valence-corrected chi connectivity index (χ1v) is 6.44. The maximum absolute atomic E-state index is 12.1. The van der Waals surface area contributed by atoms with Crippen LogP contribution < -0.4 is 0 Å². The lowest BCUT2D eigenvalue weighted by Crippen LogP contribution is -2.41. The molecule has 17 heavy (non-hydrogen) atoms. The molecule has 0 spiro atoms. The molecule has 1 aliphatic rings. The molecule has 0 saturated heterocycles. The van der Waals surface area contributed by atoms with Gasteiger partial charge in [-0.2, -0.15) is 0 Å². The Kier molecular flexibility index (Phi) is 5.32. The van der Waals surface area contributed by atoms with Gasteiger partial charge < -0.3 is 9.84 Å². The minimum atomic E-state index is -2.46. The molecule has 3 unspecified atom stereocenters. The van der Waals surface area contributed by atoms with E-state index in [0.717, 1.165) is 12.8 Å². The number of aliphatic hydroxyl groups is 1. The van der Waals surface area contributed by atoms with Gasteiger partial charge in [0.05, 0.1) is 12.2 Å². The van der Waals surface area contributed by atoms with Crippen molar-refractivity contribution in [3.8, 4) is 0 Å². The number of halogens is 2. The van der Waals surface area contributed by atoms with Crippen molar-refractivity contribution in [1.29, 1.82) is 0 Å². The van der Waals surface area contributed by atoms with Crippen molar-refractivity contribution >= 4 is 0 Å². The second kappa shape index (κ2) is 6.10. The average Bonchev–Trinajstić information content (AvgIpc) is 2.27. The van der Waals surface area contributed by atoms with E-state index in [2.05, 4.69) is 20.8 Å². The summed E-state index contributed by atoms with van der Waals surface area (Å²) in [6.45, 7) is 5.96. The van der Waals surface area contributed by atoms with Crippen LogP contribution in [-0.4, -0.2) is 30.3 Å². The van der Waals surface area contributed by atoms with Crippen LogP contribution in [0.2, 0.25) is 0 Å². The highest BCUT2D eigenvalue weighted by molar-refractivity contribution is 4.87. The fourth-order valence-electron chi connectivity index (χ4n) is 2.49. The highest BCUT2D eigenvalue weighted by Crippen LogP contribution is 2.41. The van der Waals surface area contributed by atoms with Gasteiger partial charge in [0.2, 0.25) is 0 Å². The summed E-state index contributed by atoms with van der Waals surface area (Å²) in [4.78, 5) is 0. The Balaban J connectivity index is 2.53. The van der Waals surface area contributed by atoms with Gasteiger partial charge in [-0.3, -0.25) is 0 Å². The predicted octanol–water partition coefficient (Wildman–Crippen LogP) is 3.23. The van der Waals surface area contributed by atoms with Crippen molar-refractivity contribution < 1.29 is 18.6 Å². The first-order chi connectivity index (χ1) is 7.86. The second-order valence-electron chi connectivity index (χ2n) is 5.68. The van der Waals surface area contributed by atoms with Crippen LogP contribution in [0.4, 0.5) is 8.78 Å². The Hall–Kier alpha value is -0.220. The van der Waals surface area contributed by atoms with Crippen molar-refractivity contribution in [1.82, 2.24) is 0 Å². The summed E-state index contributed by atoms with van der Waals surface area (Å²) in [5.74, 6) is 0.443. The molecule has 2 nitrogen and oxygen atoms in total. The minimum Gasteiger partial charge on any atom is -0.390 e. The average molecular weight is 250 g/mol. The standard InChI is InChI=1S/C13H24F2O2/c1-4-13(2,3)9-5-6-10(16)11(7-9)17-8-12(14)15/h9-12,16H,4-8H2,1-3H3. The zero-order valence-electron chi connectivity index (χ0n) is 11.0. The Morgan fingerprint density at radius 1 is 1.35 bits per heavy atom. The number of ether oxygens (including phenoxy) is 1. The number of hydrogen-bond acceptors (Lipinski definition) is 2. The van der Waals surface area contributed by atoms with E-state index in [1.807, 2.05) is 0 Å². The highest BCUT2D eigenvalue weighted by atomic mass is 19.3. The normalized spacial score (nSPS) is 30.9. The van der Waals surface area contributed by atoms with Crippen LogP contribution in [0.15, 0.2) is 0 Å². The molecule has 1 aliphatic carbocycles. The molecule has 0 aromatic carbocycles. The quantitative estimate of drug-likeness (QED) is 0.811. The van der Waals surface area contributed by atoms with Crippen molar-refractivity contribution in [2.45, 2.75) is 65.1 Å². The van der Waals surface area contributed by atoms with Gasteiger partial charge in [-0.15, -0.1) is 0 Å². The summed E-state index contributed by atoms with van der Waals surface area (Å²) < 4.78 is 29.3. The molecule has 0 heterocycles. The van der Waals surface area contributed by atoms with E-state index in [4.69, 9.17) is 4.74 Å². The third-order valence-electron chi connectivity index (χ3n) is 4.21. The van der Waals surface area contributed by atoms with E-state index < -0.39 is 25.2 Å². The number of rotatable bonds is 5. The number of hydrogen-bond donors (Lipinski definition) is 1. The summed E-state index contributed by atoms with van der Waals surface area (Å²) in [6, 6.07) is 0. The van der Waals surface area contributed by atoms with E-state index in [9.17, 15) is 13.9 Å². The first kappa shape index (κ1) is 14.8. The zero-order chi connectivity index (χ0) is 13.1. The number of aliphatic hydroxyl groups excluding tert-OH is 1. The molecule has 0 aromatic heterocycles. The van der Waals surface area contributed by atoms with Gasteiger partial charge in [0, 0.05) is 0 Å². The van der Waals surface area contributed by atoms with Crippen molar-refractivity contribution in [3.05, 3.63) is 0 Å². The van der Waals surface area contributed by atoms with Crippen LogP contribution in [0.3, 0.4) is 0 Å². The predicted molar refractivity (Wildman–Crippen MR) is 63.2 cm³/mol. The van der Waals surface area contributed by atoms with Crippen LogP contribution in [0.5, 0.6) is 0 Å². The Morgan fingerprint density at radius 2 is 2.00 bits per heavy atom. The van der Waals surface area contributed by atoms with Crippen LogP contribution in [-0.2, 0) is 4.74 Å². The van der Waals surface area contributed by atoms with E-state index in [0.29, 0.717) is 18.8 Å². The molecule has 102 valence electrons. The largest absolute Gasteiger partial charge is 0.390 e. The summed E-state index contributed by atoms with van der Waals surface area (Å²) in [7, 11) is 0. The molecule has 1 fully saturated rings. The van der Waals surface area contributed by atoms with Gasteiger partial charge in [0.25, 0.3) is 6.43 Å². The van der Waals surface area contributed by atoms with Crippen LogP contribution in [0.1, 0.15) is 46.5 Å². The molecule has 1 saturated carbocycles. The van der Waals surface area contributed by atoms with Crippen molar-refractivity contribution in [2.24, 2.45) is 11.3 Å². The Morgan fingerprint density at radius 3 is 2.53 bits per heavy atom. The van der Waals surface area contributed by atoms with Crippen LogP contribution >= 0.6 is 0 Å². The Bertz CT molecular complexity index is 231. The van der Waals surface area contributed by atoms with Crippen LogP contribution in [0.25, 0.3) is 0 Å². The molecule has 0 bridgehead atoms. The third-order valence-corrected chi connectivity index (χ3v) is 4.21. The van der Waals surface area contributed by atoms with Crippen molar-refractivity contribution in [2.75, 3.05) is 6.61 Å². The lowest BCUT2D eigenvalue weighted by molar-refractivity contribution is -0.109. The SMILES string of the molecule is CCC(C)(C)C1CCC(O)C(OCC(F)F)C1. The lowest BCUT2D eigenvalue weighted by Gasteiger charge is -2.41. The smallest absolute Gasteiger partial charge is 0.261 e. The molecule has 1 rings (SSSR count). The molecular weight excluding hydrogens is 226 g/mol. The monoisotopic (exact) mass is 250 g/mol. The topological polar surface area (TPSA) is 29.5 Å². The second-order valence-corrected chi connectivity index (χ2v) is 5.68. The molecule has 0 aliphatic heterocycles. The summed E-state index contributed by atoms with van der Waals surface area (Å²) in [5.41, 5.74) is 0.187. The molecular formula is C13H24F2O2. The Labute approximate surface area is 102 Å². The molecule has 0 radical (unpaired) electrons. The zero-order valence-corrected chi connectivity index (χ0v) is 11.0. The summed E-state index contributed by atoms with van der Waals surface area (Å²) in [5, 5.41) is 9.77. The maximum atomic E-state index is 12.1. The molecule has 0 aromatic rings. The number of alkyl halides is 2. The van der Waals surface area contributed by atoms with Gasteiger partial charge >= 0.3 is 0 Å². The fourth-order valence-corrected chi connectivity index (χ4v) is 2.49.